The zero-order valence-corrected chi connectivity index (χ0v) is 13.6. The van der Waals surface area contributed by atoms with Gasteiger partial charge in [-0.15, -0.1) is 0 Å². The molecule has 0 saturated carbocycles. The zero-order valence-electron chi connectivity index (χ0n) is 13.6. The van der Waals surface area contributed by atoms with Crippen LogP contribution >= 0.6 is 0 Å². The van der Waals surface area contributed by atoms with Gasteiger partial charge in [-0.05, 0) is 35.4 Å². The molecule has 25 heavy (non-hydrogen) atoms. The molecule has 4 rings (SSSR count). The van der Waals surface area contributed by atoms with Gasteiger partial charge in [0, 0.05) is 12.4 Å². The Kier molecular flexibility index (Phi) is 3.51. The largest absolute Gasteiger partial charge is 0.452 e. The summed E-state index contributed by atoms with van der Waals surface area (Å²) in [5.41, 5.74) is 4.26. The molecule has 2 aromatic heterocycles. The van der Waals surface area contributed by atoms with Crippen molar-refractivity contribution in [2.24, 2.45) is 0 Å². The van der Waals surface area contributed by atoms with E-state index in [1.54, 1.807) is 11.1 Å². The zero-order chi connectivity index (χ0) is 17.4. The van der Waals surface area contributed by atoms with E-state index in [2.05, 4.69) is 6.07 Å². The lowest BCUT2D eigenvalue weighted by atomic mass is 9.94. The first-order valence-electron chi connectivity index (χ1n) is 7.88. The highest BCUT2D eigenvalue weighted by Gasteiger charge is 2.32. The van der Waals surface area contributed by atoms with Crippen LogP contribution in [0.1, 0.15) is 28.4 Å². The predicted octanol–water partition coefficient (Wildman–Crippen LogP) is 3.95. The summed E-state index contributed by atoms with van der Waals surface area (Å²) < 4.78 is 6.92. The lowest BCUT2D eigenvalue weighted by Crippen LogP contribution is -2.33. The van der Waals surface area contributed by atoms with E-state index in [0.29, 0.717) is 5.56 Å². The summed E-state index contributed by atoms with van der Waals surface area (Å²) in [5.74, 6) is 0. The monoisotopic (exact) mass is 329 g/mol. The highest BCUT2D eigenvalue weighted by molar-refractivity contribution is 5.75. The Morgan fingerprint density at radius 1 is 1.20 bits per heavy atom. The SMILES string of the molecule is COC(=O)N1C=Cc2ccccc2[C@@H]1c1cc(C#N)c2ccccn12. The summed E-state index contributed by atoms with van der Waals surface area (Å²) in [4.78, 5) is 13.9. The normalized spacial score (nSPS) is 15.7. The number of rotatable bonds is 1. The van der Waals surface area contributed by atoms with Gasteiger partial charge in [-0.25, -0.2) is 4.79 Å². The van der Waals surface area contributed by atoms with Crippen LogP contribution in [0.25, 0.3) is 11.6 Å². The first kappa shape index (κ1) is 15.0. The number of methoxy groups -OCH3 is 1. The fraction of sp³-hybridized carbons (Fsp3) is 0.100. The average Bonchev–Trinajstić information content (AvgIpc) is 3.05. The van der Waals surface area contributed by atoms with Crippen molar-refractivity contribution < 1.29 is 9.53 Å². The molecule has 122 valence electrons. The van der Waals surface area contributed by atoms with Crippen LogP contribution in [-0.2, 0) is 4.74 Å². The number of hydrogen-bond acceptors (Lipinski definition) is 3. The third-order valence-corrected chi connectivity index (χ3v) is 4.48. The summed E-state index contributed by atoms with van der Waals surface area (Å²) in [7, 11) is 1.37. The Morgan fingerprint density at radius 3 is 2.80 bits per heavy atom. The molecule has 0 radical (unpaired) electrons. The van der Waals surface area contributed by atoms with Crippen molar-refractivity contribution in [3.8, 4) is 6.07 Å². The second-order valence-electron chi connectivity index (χ2n) is 5.78. The summed E-state index contributed by atoms with van der Waals surface area (Å²) in [6, 6.07) is 17.3. The van der Waals surface area contributed by atoms with Crippen LogP contribution in [0.5, 0.6) is 0 Å². The maximum Gasteiger partial charge on any atom is 0.414 e. The van der Waals surface area contributed by atoms with Crippen LogP contribution < -0.4 is 0 Å². The predicted molar refractivity (Wildman–Crippen MR) is 93.7 cm³/mol. The van der Waals surface area contributed by atoms with E-state index in [-0.39, 0.29) is 6.04 Å². The molecule has 0 saturated heterocycles. The van der Waals surface area contributed by atoms with Gasteiger partial charge in [-0.2, -0.15) is 5.26 Å². The van der Waals surface area contributed by atoms with Gasteiger partial charge in [0.15, 0.2) is 0 Å². The van der Waals surface area contributed by atoms with Crippen molar-refractivity contribution in [3.63, 3.8) is 0 Å². The summed E-state index contributed by atoms with van der Waals surface area (Å²) in [6.07, 6.45) is 5.08. The number of nitriles is 1. The molecule has 1 aliphatic heterocycles. The van der Waals surface area contributed by atoms with Crippen LogP contribution in [-0.4, -0.2) is 22.5 Å². The molecule has 0 N–H and O–H groups in total. The van der Waals surface area contributed by atoms with Crippen LogP contribution in [0.4, 0.5) is 4.79 Å². The third kappa shape index (κ3) is 2.27. The van der Waals surface area contributed by atoms with Crippen molar-refractivity contribution in [2.45, 2.75) is 6.04 Å². The molecule has 1 aromatic carbocycles. The number of fused-ring (bicyclic) bond motifs is 2. The van der Waals surface area contributed by atoms with Gasteiger partial charge in [-0.1, -0.05) is 30.3 Å². The number of nitrogens with zero attached hydrogens (tertiary/aromatic N) is 3. The third-order valence-electron chi connectivity index (χ3n) is 4.48. The van der Waals surface area contributed by atoms with E-state index in [9.17, 15) is 10.1 Å². The smallest absolute Gasteiger partial charge is 0.414 e. The Labute approximate surface area is 145 Å². The number of aromatic nitrogens is 1. The minimum Gasteiger partial charge on any atom is -0.452 e. The molecule has 1 amide bonds. The molecule has 1 aliphatic rings. The molecular weight excluding hydrogens is 314 g/mol. The highest BCUT2D eigenvalue weighted by Crippen LogP contribution is 2.37. The Morgan fingerprint density at radius 2 is 2.00 bits per heavy atom. The van der Waals surface area contributed by atoms with Gasteiger partial charge in [-0.3, -0.25) is 4.90 Å². The fourth-order valence-corrected chi connectivity index (χ4v) is 3.36. The van der Waals surface area contributed by atoms with Crippen molar-refractivity contribution in [1.29, 1.82) is 5.26 Å². The minimum absolute atomic E-state index is 0.370. The topological polar surface area (TPSA) is 57.7 Å². The maximum atomic E-state index is 12.4. The second kappa shape index (κ2) is 5.84. The quantitative estimate of drug-likeness (QED) is 0.679. The number of ether oxygens (including phenoxy) is 1. The lowest BCUT2D eigenvalue weighted by Gasteiger charge is -2.32. The van der Waals surface area contributed by atoms with Crippen LogP contribution in [0.2, 0.25) is 0 Å². The highest BCUT2D eigenvalue weighted by atomic mass is 16.5. The number of amides is 1. The molecule has 0 bridgehead atoms. The van der Waals surface area contributed by atoms with E-state index in [4.69, 9.17) is 4.74 Å². The minimum atomic E-state index is -0.444. The Bertz CT molecular complexity index is 1040. The molecule has 3 aromatic rings. The summed E-state index contributed by atoms with van der Waals surface area (Å²) in [5, 5.41) is 9.48. The van der Waals surface area contributed by atoms with Gasteiger partial charge < -0.3 is 9.14 Å². The molecule has 3 heterocycles. The molecule has 0 fully saturated rings. The lowest BCUT2D eigenvalue weighted by molar-refractivity contribution is 0.130. The molecule has 0 unspecified atom stereocenters. The number of pyridine rings is 1. The van der Waals surface area contributed by atoms with Gasteiger partial charge in [0.25, 0.3) is 0 Å². The van der Waals surface area contributed by atoms with E-state index in [1.807, 2.05) is 65.2 Å². The van der Waals surface area contributed by atoms with E-state index in [0.717, 1.165) is 22.3 Å². The van der Waals surface area contributed by atoms with Gasteiger partial charge in [0.2, 0.25) is 0 Å². The van der Waals surface area contributed by atoms with Crippen molar-refractivity contribution in [1.82, 2.24) is 9.30 Å². The number of hydrogen-bond donors (Lipinski definition) is 0. The number of benzene rings is 1. The Hall–Kier alpha value is -3.52. The van der Waals surface area contributed by atoms with Crippen molar-refractivity contribution in [3.05, 3.63) is 83.3 Å². The van der Waals surface area contributed by atoms with Crippen LogP contribution in [0.3, 0.4) is 0 Å². The van der Waals surface area contributed by atoms with Gasteiger partial charge in [0.1, 0.15) is 12.1 Å². The van der Waals surface area contributed by atoms with E-state index in [1.165, 1.54) is 7.11 Å². The van der Waals surface area contributed by atoms with Crippen LogP contribution in [0.15, 0.2) is 60.9 Å². The molecular formula is C20H15N3O2. The molecule has 5 nitrogen and oxygen atoms in total. The number of carbonyl (C=O) groups is 1. The van der Waals surface area contributed by atoms with Crippen molar-refractivity contribution in [2.75, 3.05) is 7.11 Å². The van der Waals surface area contributed by atoms with Gasteiger partial charge in [0.05, 0.1) is 23.9 Å². The molecule has 0 spiro atoms. The molecule has 5 heteroatoms. The Balaban J connectivity index is 1.99. The van der Waals surface area contributed by atoms with Crippen LogP contribution in [0, 0.1) is 11.3 Å². The van der Waals surface area contributed by atoms with Gasteiger partial charge >= 0.3 is 6.09 Å². The maximum absolute atomic E-state index is 12.4. The first-order chi connectivity index (χ1) is 12.2. The standard InChI is InChI=1S/C20H15N3O2/c1-25-20(24)23-11-9-14-6-2-3-7-16(14)19(23)18-12-15(13-21)17-8-4-5-10-22(17)18/h2-12,19H,1H3/t19-/m1/s1. The summed E-state index contributed by atoms with van der Waals surface area (Å²) in [6.45, 7) is 0. The number of carbonyl (C=O) groups excluding carboxylic acids is 1. The van der Waals surface area contributed by atoms with E-state index < -0.39 is 6.09 Å². The molecule has 0 aliphatic carbocycles. The fourth-order valence-electron chi connectivity index (χ4n) is 3.36. The molecule has 1 atom stereocenters. The average molecular weight is 329 g/mol. The summed E-state index contributed by atoms with van der Waals surface area (Å²) >= 11 is 0. The first-order valence-corrected chi connectivity index (χ1v) is 7.88. The van der Waals surface area contributed by atoms with Crippen molar-refractivity contribution >= 4 is 17.7 Å². The second-order valence-corrected chi connectivity index (χ2v) is 5.78. The van der Waals surface area contributed by atoms with E-state index >= 15 is 0 Å².